The van der Waals surface area contributed by atoms with E-state index in [-0.39, 0.29) is 16.7 Å². The normalized spacial score (nSPS) is 12.7. The number of furan rings is 1. The molecule has 0 aliphatic heterocycles. The molecule has 5 heteroatoms. The molecule has 0 aliphatic rings. The summed E-state index contributed by atoms with van der Waals surface area (Å²) in [5.41, 5.74) is 0.631. The quantitative estimate of drug-likeness (QED) is 0.918. The number of aliphatic hydroxyl groups excluding tert-OH is 1. The second-order valence-corrected chi connectivity index (χ2v) is 4.39. The van der Waals surface area contributed by atoms with E-state index in [1.54, 1.807) is 18.2 Å². The smallest absolute Gasteiger partial charge is 0.193 e. The van der Waals surface area contributed by atoms with E-state index < -0.39 is 11.9 Å². The van der Waals surface area contributed by atoms with E-state index in [0.717, 1.165) is 0 Å². The first-order chi connectivity index (χ1) is 8.06. The fourth-order valence-corrected chi connectivity index (χ4v) is 1.77. The largest absolute Gasteiger partial charge is 0.447 e. The van der Waals surface area contributed by atoms with Crippen molar-refractivity contribution in [2.24, 2.45) is 0 Å². The summed E-state index contributed by atoms with van der Waals surface area (Å²) in [6, 6.07) is 7.52. The lowest BCUT2D eigenvalue weighted by Gasteiger charge is -2.08. The average Bonchev–Trinajstić information content (AvgIpc) is 2.70. The topological polar surface area (TPSA) is 33.4 Å². The summed E-state index contributed by atoms with van der Waals surface area (Å²) in [6.45, 7) is 0. The molecule has 0 saturated carbocycles. The van der Waals surface area contributed by atoms with Crippen LogP contribution in [-0.2, 0) is 6.42 Å². The molecule has 1 atom stereocenters. The minimum atomic E-state index is -0.858. The van der Waals surface area contributed by atoms with E-state index in [9.17, 15) is 9.50 Å². The summed E-state index contributed by atoms with van der Waals surface area (Å²) in [6.07, 6.45) is -0.624. The predicted octanol–water partition coefficient (Wildman–Crippen LogP) is 4.00. The number of halogens is 3. The lowest BCUT2D eigenvalue weighted by Crippen LogP contribution is -2.00. The molecule has 1 N–H and O–H groups in total. The van der Waals surface area contributed by atoms with Gasteiger partial charge in [0.05, 0.1) is 5.02 Å². The number of hydrogen-bond donors (Lipinski definition) is 1. The van der Waals surface area contributed by atoms with Crippen LogP contribution in [0.5, 0.6) is 0 Å². The summed E-state index contributed by atoms with van der Waals surface area (Å²) in [5, 5.41) is 10.1. The van der Waals surface area contributed by atoms with Crippen LogP contribution in [0.1, 0.15) is 17.4 Å². The Hall–Kier alpha value is -1.03. The highest BCUT2D eigenvalue weighted by Gasteiger charge is 2.13. The minimum absolute atomic E-state index is 0.0595. The number of aliphatic hydroxyl groups is 1. The molecule has 0 radical (unpaired) electrons. The SMILES string of the molecule is OC(Cc1ccc(Cl)c(F)c1)c1ccc(Cl)o1. The highest BCUT2D eigenvalue weighted by atomic mass is 35.5. The van der Waals surface area contributed by atoms with Crippen molar-refractivity contribution in [2.45, 2.75) is 12.5 Å². The zero-order chi connectivity index (χ0) is 12.4. The molecule has 2 aromatic rings. The van der Waals surface area contributed by atoms with Crippen molar-refractivity contribution in [1.82, 2.24) is 0 Å². The summed E-state index contributed by atoms with van der Waals surface area (Å²) < 4.78 is 18.2. The van der Waals surface area contributed by atoms with Crippen LogP contribution in [-0.4, -0.2) is 5.11 Å². The molecule has 90 valence electrons. The van der Waals surface area contributed by atoms with Crippen LogP contribution in [0.3, 0.4) is 0 Å². The third-order valence-electron chi connectivity index (χ3n) is 2.34. The van der Waals surface area contributed by atoms with E-state index >= 15 is 0 Å². The minimum Gasteiger partial charge on any atom is -0.447 e. The maximum absolute atomic E-state index is 13.2. The molecule has 2 rings (SSSR count). The van der Waals surface area contributed by atoms with Gasteiger partial charge in [-0.3, -0.25) is 0 Å². The Morgan fingerprint density at radius 1 is 1.24 bits per heavy atom. The van der Waals surface area contributed by atoms with E-state index in [1.807, 2.05) is 0 Å². The van der Waals surface area contributed by atoms with Gasteiger partial charge in [-0.25, -0.2) is 4.39 Å². The van der Waals surface area contributed by atoms with Crippen molar-refractivity contribution in [1.29, 1.82) is 0 Å². The van der Waals surface area contributed by atoms with Crippen molar-refractivity contribution in [2.75, 3.05) is 0 Å². The second-order valence-electron chi connectivity index (χ2n) is 3.61. The van der Waals surface area contributed by atoms with Crippen LogP contribution >= 0.6 is 23.2 Å². The fraction of sp³-hybridized carbons (Fsp3) is 0.167. The van der Waals surface area contributed by atoms with Crippen LogP contribution in [0, 0.1) is 5.82 Å². The molecule has 0 spiro atoms. The second kappa shape index (κ2) is 5.08. The molecule has 1 heterocycles. The molecule has 17 heavy (non-hydrogen) atoms. The first-order valence-corrected chi connectivity index (χ1v) is 5.69. The molecule has 2 nitrogen and oxygen atoms in total. The zero-order valence-corrected chi connectivity index (χ0v) is 10.2. The standard InChI is InChI=1S/C12H9Cl2FO2/c13-8-2-1-7(5-9(8)15)6-10(16)11-3-4-12(14)17-11/h1-5,10,16H,6H2. The number of benzene rings is 1. The predicted molar refractivity (Wildman–Crippen MR) is 63.8 cm³/mol. The van der Waals surface area contributed by atoms with Crippen LogP contribution in [0.2, 0.25) is 10.2 Å². The molecule has 0 fully saturated rings. The van der Waals surface area contributed by atoms with Gasteiger partial charge in [0.2, 0.25) is 0 Å². The lowest BCUT2D eigenvalue weighted by molar-refractivity contribution is 0.150. The third-order valence-corrected chi connectivity index (χ3v) is 2.85. The fourth-order valence-electron chi connectivity index (χ4n) is 1.50. The van der Waals surface area contributed by atoms with Crippen molar-refractivity contribution in [3.8, 4) is 0 Å². The first kappa shape index (κ1) is 12.4. The Bertz CT molecular complexity index is 525. The molecule has 0 bridgehead atoms. The van der Waals surface area contributed by atoms with E-state index in [1.165, 1.54) is 12.1 Å². The van der Waals surface area contributed by atoms with Gasteiger partial charge in [-0.15, -0.1) is 0 Å². The van der Waals surface area contributed by atoms with Gasteiger partial charge in [-0.05, 0) is 41.4 Å². The average molecular weight is 275 g/mol. The first-order valence-electron chi connectivity index (χ1n) is 4.93. The number of hydrogen-bond acceptors (Lipinski definition) is 2. The number of rotatable bonds is 3. The van der Waals surface area contributed by atoms with Crippen molar-refractivity contribution >= 4 is 23.2 Å². The van der Waals surface area contributed by atoms with Crippen molar-refractivity contribution < 1.29 is 13.9 Å². The Kier molecular flexibility index (Phi) is 3.72. The van der Waals surface area contributed by atoms with Crippen molar-refractivity contribution in [3.63, 3.8) is 0 Å². The van der Waals surface area contributed by atoms with Gasteiger partial charge in [0.15, 0.2) is 5.22 Å². The van der Waals surface area contributed by atoms with Gasteiger partial charge in [-0.2, -0.15) is 0 Å². The lowest BCUT2D eigenvalue weighted by atomic mass is 10.1. The van der Waals surface area contributed by atoms with Crippen LogP contribution < -0.4 is 0 Å². The van der Waals surface area contributed by atoms with Gasteiger partial charge in [-0.1, -0.05) is 17.7 Å². The van der Waals surface area contributed by atoms with Gasteiger partial charge < -0.3 is 9.52 Å². The van der Waals surface area contributed by atoms with Gasteiger partial charge in [0.25, 0.3) is 0 Å². The molecule has 1 aromatic heterocycles. The monoisotopic (exact) mass is 274 g/mol. The maximum Gasteiger partial charge on any atom is 0.193 e. The van der Waals surface area contributed by atoms with E-state index in [2.05, 4.69) is 0 Å². The van der Waals surface area contributed by atoms with E-state index in [0.29, 0.717) is 11.3 Å². The summed E-state index contributed by atoms with van der Waals surface area (Å²) >= 11 is 11.2. The van der Waals surface area contributed by atoms with Crippen molar-refractivity contribution in [3.05, 3.63) is 57.7 Å². The summed E-state index contributed by atoms with van der Waals surface area (Å²) in [5.74, 6) is -0.154. The Morgan fingerprint density at radius 3 is 2.59 bits per heavy atom. The Labute approximate surface area is 108 Å². The molecule has 1 aromatic carbocycles. The molecule has 1 unspecified atom stereocenters. The molecular weight excluding hydrogens is 266 g/mol. The molecule has 0 aliphatic carbocycles. The molecule has 0 amide bonds. The summed E-state index contributed by atoms with van der Waals surface area (Å²) in [4.78, 5) is 0. The van der Waals surface area contributed by atoms with Crippen LogP contribution in [0.25, 0.3) is 0 Å². The molecule has 0 saturated heterocycles. The van der Waals surface area contributed by atoms with E-state index in [4.69, 9.17) is 27.6 Å². The molecular formula is C12H9Cl2FO2. The maximum atomic E-state index is 13.2. The Morgan fingerprint density at radius 2 is 2.00 bits per heavy atom. The van der Waals surface area contributed by atoms with Gasteiger partial charge >= 0.3 is 0 Å². The van der Waals surface area contributed by atoms with Crippen LogP contribution in [0.4, 0.5) is 4.39 Å². The zero-order valence-electron chi connectivity index (χ0n) is 8.66. The highest BCUT2D eigenvalue weighted by molar-refractivity contribution is 6.30. The van der Waals surface area contributed by atoms with Gasteiger partial charge in [0, 0.05) is 6.42 Å². The van der Waals surface area contributed by atoms with Crippen LogP contribution in [0.15, 0.2) is 34.7 Å². The summed E-state index contributed by atoms with van der Waals surface area (Å²) in [7, 11) is 0. The Balaban J connectivity index is 2.12. The third kappa shape index (κ3) is 3.00. The highest BCUT2D eigenvalue weighted by Crippen LogP contribution is 2.24. The van der Waals surface area contributed by atoms with Gasteiger partial charge in [0.1, 0.15) is 17.7 Å².